The van der Waals surface area contributed by atoms with Crippen molar-refractivity contribution in [1.82, 2.24) is 4.98 Å². The van der Waals surface area contributed by atoms with Crippen LogP contribution in [0.15, 0.2) is 6.07 Å². The molecule has 1 rings (SSSR count). The maximum atomic E-state index is 10.5. The zero-order valence-electron chi connectivity index (χ0n) is 7.34. The first-order valence-electron chi connectivity index (χ1n) is 3.50. The molecule has 9 heteroatoms. The average Bonchev–Trinajstić information content (AvgIpc) is 2.16. The van der Waals surface area contributed by atoms with E-state index < -0.39 is 26.4 Å². The fourth-order valence-corrected chi connectivity index (χ4v) is 1.06. The van der Waals surface area contributed by atoms with Crippen molar-refractivity contribution in [3.05, 3.63) is 31.4 Å². The van der Waals surface area contributed by atoms with Gasteiger partial charge in [-0.1, -0.05) is 11.6 Å². The number of nitro groups is 2. The number of halogens is 1. The summed E-state index contributed by atoms with van der Waals surface area (Å²) in [6.07, 6.45) is 0. The Balaban J connectivity index is 3.43. The number of hydrogen-bond donors (Lipinski definition) is 0. The molecule has 0 fully saturated rings. The molecule has 0 N–H and O–H groups in total. The Morgan fingerprint density at radius 3 is 2.27 bits per heavy atom. The van der Waals surface area contributed by atoms with E-state index in [0.29, 0.717) is 6.07 Å². The Labute approximate surface area is 87.7 Å². The van der Waals surface area contributed by atoms with Crippen LogP contribution in [0, 0.1) is 20.2 Å². The van der Waals surface area contributed by atoms with E-state index in [2.05, 4.69) is 9.72 Å². The molecule has 0 aromatic carbocycles. The summed E-state index contributed by atoms with van der Waals surface area (Å²) in [7, 11) is 1.15. The van der Waals surface area contributed by atoms with Crippen LogP contribution in [-0.2, 0) is 0 Å². The molecule has 80 valence electrons. The molecule has 1 aromatic heterocycles. The molecule has 0 bridgehead atoms. The first-order valence-corrected chi connectivity index (χ1v) is 3.88. The molecular weight excluding hydrogens is 230 g/mol. The molecule has 0 aliphatic rings. The molecule has 0 saturated carbocycles. The minimum Gasteiger partial charge on any atom is -0.476 e. The molecule has 0 spiro atoms. The van der Waals surface area contributed by atoms with E-state index in [1.54, 1.807) is 0 Å². The van der Waals surface area contributed by atoms with Crippen molar-refractivity contribution in [2.24, 2.45) is 0 Å². The lowest BCUT2D eigenvalue weighted by Crippen LogP contribution is -1.99. The monoisotopic (exact) mass is 233 g/mol. The predicted molar refractivity (Wildman–Crippen MR) is 49.1 cm³/mol. The van der Waals surface area contributed by atoms with E-state index >= 15 is 0 Å². The third-order valence-corrected chi connectivity index (χ3v) is 1.77. The molecule has 0 aliphatic heterocycles. The molecule has 0 aliphatic carbocycles. The van der Waals surface area contributed by atoms with Crippen molar-refractivity contribution < 1.29 is 14.6 Å². The number of aromatic nitrogens is 1. The SMILES string of the molecule is COc1nc(Cl)c([N+](=O)[O-])cc1[N+](=O)[O-]. The summed E-state index contributed by atoms with van der Waals surface area (Å²) in [6.45, 7) is 0. The number of nitrogens with zero attached hydrogens (tertiary/aromatic N) is 3. The van der Waals surface area contributed by atoms with E-state index in [-0.39, 0.29) is 5.88 Å². The van der Waals surface area contributed by atoms with Gasteiger partial charge in [-0.15, -0.1) is 0 Å². The molecule has 1 aromatic rings. The number of ether oxygens (including phenoxy) is 1. The van der Waals surface area contributed by atoms with E-state index in [1.165, 1.54) is 0 Å². The predicted octanol–water partition coefficient (Wildman–Crippen LogP) is 1.56. The van der Waals surface area contributed by atoms with Gasteiger partial charge in [-0.2, -0.15) is 4.98 Å². The Kier molecular flexibility index (Phi) is 3.00. The fraction of sp³-hybridized carbons (Fsp3) is 0.167. The second kappa shape index (κ2) is 4.05. The summed E-state index contributed by atoms with van der Waals surface area (Å²) < 4.78 is 4.56. The van der Waals surface area contributed by atoms with Crippen LogP contribution < -0.4 is 4.74 Å². The number of pyridine rings is 1. The van der Waals surface area contributed by atoms with Crippen molar-refractivity contribution in [3.63, 3.8) is 0 Å². The summed E-state index contributed by atoms with van der Waals surface area (Å²) in [5, 5.41) is 20.4. The number of rotatable bonds is 3. The molecule has 0 saturated heterocycles. The largest absolute Gasteiger partial charge is 0.476 e. The lowest BCUT2D eigenvalue weighted by molar-refractivity contribution is -0.395. The number of hydrogen-bond acceptors (Lipinski definition) is 6. The Morgan fingerprint density at radius 2 is 1.87 bits per heavy atom. The fourth-order valence-electron chi connectivity index (χ4n) is 0.864. The highest BCUT2D eigenvalue weighted by atomic mass is 35.5. The standard InChI is InChI=1S/C6H4ClN3O5/c1-15-6-4(10(13)14)2-3(9(11)12)5(7)8-6/h2H,1H3. The second-order valence-corrected chi connectivity index (χ2v) is 2.70. The van der Waals surface area contributed by atoms with Gasteiger partial charge in [-0.3, -0.25) is 20.2 Å². The van der Waals surface area contributed by atoms with Gasteiger partial charge in [0.05, 0.1) is 17.0 Å². The normalized spacial score (nSPS) is 9.73. The average molecular weight is 234 g/mol. The minimum atomic E-state index is -0.859. The van der Waals surface area contributed by atoms with Crippen molar-refractivity contribution in [2.75, 3.05) is 7.11 Å². The molecule has 0 unspecified atom stereocenters. The summed E-state index contributed by atoms with van der Waals surface area (Å²) in [5.74, 6) is -0.365. The van der Waals surface area contributed by atoms with Crippen molar-refractivity contribution in [2.45, 2.75) is 0 Å². The maximum Gasteiger partial charge on any atom is 0.337 e. The highest BCUT2D eigenvalue weighted by Gasteiger charge is 2.25. The Bertz CT molecular complexity index is 435. The third-order valence-electron chi connectivity index (χ3n) is 1.49. The zero-order valence-corrected chi connectivity index (χ0v) is 8.09. The van der Waals surface area contributed by atoms with E-state index in [4.69, 9.17) is 11.6 Å². The van der Waals surface area contributed by atoms with Crippen LogP contribution >= 0.6 is 11.6 Å². The lowest BCUT2D eigenvalue weighted by atomic mass is 10.3. The molecule has 0 atom stereocenters. The zero-order chi connectivity index (χ0) is 11.6. The second-order valence-electron chi connectivity index (χ2n) is 2.34. The topological polar surface area (TPSA) is 108 Å². The maximum absolute atomic E-state index is 10.5. The first kappa shape index (κ1) is 11.1. The smallest absolute Gasteiger partial charge is 0.337 e. The molecule has 1 heterocycles. The van der Waals surface area contributed by atoms with Crippen molar-refractivity contribution >= 4 is 23.0 Å². The highest BCUT2D eigenvalue weighted by molar-refractivity contribution is 6.31. The quantitative estimate of drug-likeness (QED) is 0.445. The van der Waals surface area contributed by atoms with Gasteiger partial charge in [0.1, 0.15) is 6.07 Å². The van der Waals surface area contributed by atoms with Gasteiger partial charge in [0.2, 0.25) is 5.15 Å². The van der Waals surface area contributed by atoms with E-state index in [9.17, 15) is 20.2 Å². The molecule has 0 amide bonds. The van der Waals surface area contributed by atoms with Gasteiger partial charge >= 0.3 is 11.4 Å². The van der Waals surface area contributed by atoms with Gasteiger partial charge in [0.15, 0.2) is 0 Å². The minimum absolute atomic E-state index is 0.365. The molecule has 8 nitrogen and oxygen atoms in total. The molecular formula is C6H4ClN3O5. The number of methoxy groups -OCH3 is 1. The van der Waals surface area contributed by atoms with Crippen LogP contribution in [-0.4, -0.2) is 21.9 Å². The van der Waals surface area contributed by atoms with Crippen LogP contribution in [0.4, 0.5) is 11.4 Å². The van der Waals surface area contributed by atoms with Gasteiger partial charge in [-0.25, -0.2) is 0 Å². The molecule has 0 radical (unpaired) electrons. The van der Waals surface area contributed by atoms with Crippen LogP contribution in [0.3, 0.4) is 0 Å². The van der Waals surface area contributed by atoms with E-state index in [1.807, 2.05) is 0 Å². The highest BCUT2D eigenvalue weighted by Crippen LogP contribution is 2.33. The summed E-state index contributed by atoms with van der Waals surface area (Å²) in [4.78, 5) is 22.6. The van der Waals surface area contributed by atoms with Crippen molar-refractivity contribution in [3.8, 4) is 5.88 Å². The Morgan fingerprint density at radius 1 is 1.33 bits per heavy atom. The van der Waals surface area contributed by atoms with Gasteiger partial charge in [-0.05, 0) is 0 Å². The third kappa shape index (κ3) is 2.10. The lowest BCUT2D eigenvalue weighted by Gasteiger charge is -2.00. The summed E-state index contributed by atoms with van der Waals surface area (Å²) >= 11 is 5.42. The summed E-state index contributed by atoms with van der Waals surface area (Å²) in [6, 6.07) is 0.703. The van der Waals surface area contributed by atoms with E-state index in [0.717, 1.165) is 7.11 Å². The summed E-state index contributed by atoms with van der Waals surface area (Å²) in [5.41, 5.74) is -1.24. The van der Waals surface area contributed by atoms with Crippen LogP contribution in [0.1, 0.15) is 0 Å². The molecule has 15 heavy (non-hydrogen) atoms. The van der Waals surface area contributed by atoms with Gasteiger partial charge in [0, 0.05) is 0 Å². The Hall–Kier alpha value is -1.96. The van der Waals surface area contributed by atoms with Crippen LogP contribution in [0.2, 0.25) is 5.15 Å². The van der Waals surface area contributed by atoms with Gasteiger partial charge < -0.3 is 4.74 Å². The van der Waals surface area contributed by atoms with Crippen molar-refractivity contribution in [1.29, 1.82) is 0 Å². The van der Waals surface area contributed by atoms with Gasteiger partial charge in [0.25, 0.3) is 5.88 Å². The van der Waals surface area contributed by atoms with Crippen LogP contribution in [0.25, 0.3) is 0 Å². The first-order chi connectivity index (χ1) is 6.97. The van der Waals surface area contributed by atoms with Crippen LogP contribution in [0.5, 0.6) is 5.88 Å².